The van der Waals surface area contributed by atoms with Crippen LogP contribution in [0.2, 0.25) is 0 Å². The summed E-state index contributed by atoms with van der Waals surface area (Å²) in [7, 11) is 0. The van der Waals surface area contributed by atoms with Crippen molar-refractivity contribution < 1.29 is 9.31 Å². The summed E-state index contributed by atoms with van der Waals surface area (Å²) >= 11 is 0. The quantitative estimate of drug-likeness (QED) is 0.544. The number of nitro groups is 1. The van der Waals surface area contributed by atoms with Crippen molar-refractivity contribution in [3.05, 3.63) is 39.7 Å². The van der Waals surface area contributed by atoms with Crippen molar-refractivity contribution in [3.63, 3.8) is 0 Å². The Balaban J connectivity index is 3.03. The fourth-order valence-corrected chi connectivity index (χ4v) is 2.02. The highest BCUT2D eigenvalue weighted by Crippen LogP contribution is 2.31. The Bertz CT molecular complexity index is 393. The second kappa shape index (κ2) is 6.33. The van der Waals surface area contributed by atoms with Gasteiger partial charge in [0, 0.05) is 6.07 Å². The van der Waals surface area contributed by atoms with E-state index in [4.69, 9.17) is 0 Å². The van der Waals surface area contributed by atoms with Crippen LogP contribution in [0.15, 0.2) is 18.2 Å². The van der Waals surface area contributed by atoms with E-state index in [2.05, 4.69) is 6.92 Å². The van der Waals surface area contributed by atoms with Crippen LogP contribution in [0.25, 0.3) is 0 Å². The molecule has 0 spiro atoms. The van der Waals surface area contributed by atoms with Crippen molar-refractivity contribution >= 4 is 5.69 Å². The van der Waals surface area contributed by atoms with Gasteiger partial charge in [-0.2, -0.15) is 4.39 Å². The van der Waals surface area contributed by atoms with Crippen LogP contribution < -0.4 is 0 Å². The van der Waals surface area contributed by atoms with Crippen molar-refractivity contribution in [2.24, 2.45) is 0 Å². The van der Waals surface area contributed by atoms with Crippen molar-refractivity contribution in [2.45, 2.75) is 45.4 Å². The summed E-state index contributed by atoms with van der Waals surface area (Å²) < 4.78 is 13.9. The number of rotatable bonds is 6. The van der Waals surface area contributed by atoms with Gasteiger partial charge in [0.1, 0.15) is 0 Å². The van der Waals surface area contributed by atoms with E-state index in [0.717, 1.165) is 25.7 Å². The summed E-state index contributed by atoms with van der Waals surface area (Å²) in [6.07, 6.45) is 3.75. The van der Waals surface area contributed by atoms with E-state index in [1.54, 1.807) is 12.1 Å². The number of hydrogen-bond donors (Lipinski definition) is 0. The van der Waals surface area contributed by atoms with Crippen molar-refractivity contribution in [2.75, 3.05) is 0 Å². The van der Waals surface area contributed by atoms with Crippen molar-refractivity contribution in [1.82, 2.24) is 0 Å². The fourth-order valence-electron chi connectivity index (χ4n) is 2.02. The average molecular weight is 239 g/mol. The molecule has 1 atom stereocenters. The summed E-state index contributed by atoms with van der Waals surface area (Å²) in [5.41, 5.74) is 0.0626. The highest BCUT2D eigenvalue weighted by atomic mass is 19.1. The first-order valence-corrected chi connectivity index (χ1v) is 6.04. The largest absolute Gasteiger partial charge is 0.305 e. The Labute approximate surface area is 101 Å². The van der Waals surface area contributed by atoms with E-state index in [-0.39, 0.29) is 5.92 Å². The van der Waals surface area contributed by atoms with Gasteiger partial charge in [-0.25, -0.2) is 0 Å². The Hall–Kier alpha value is -1.45. The topological polar surface area (TPSA) is 43.1 Å². The van der Waals surface area contributed by atoms with E-state index in [1.807, 2.05) is 6.92 Å². The molecule has 1 unspecified atom stereocenters. The van der Waals surface area contributed by atoms with E-state index >= 15 is 0 Å². The maximum atomic E-state index is 13.9. The maximum Gasteiger partial charge on any atom is 0.305 e. The van der Waals surface area contributed by atoms with Gasteiger partial charge in [0.25, 0.3) is 0 Å². The van der Waals surface area contributed by atoms with Crippen LogP contribution in [-0.4, -0.2) is 4.92 Å². The lowest BCUT2D eigenvalue weighted by Gasteiger charge is -2.15. The smallest absolute Gasteiger partial charge is 0.258 e. The van der Waals surface area contributed by atoms with E-state index < -0.39 is 16.4 Å². The minimum atomic E-state index is -0.666. The first kappa shape index (κ1) is 13.6. The molecule has 0 N–H and O–H groups in total. The predicted molar refractivity (Wildman–Crippen MR) is 65.6 cm³/mol. The molecule has 1 aromatic carbocycles. The zero-order valence-electron chi connectivity index (χ0n) is 10.3. The summed E-state index contributed by atoms with van der Waals surface area (Å²) in [5.74, 6) is -0.588. The molecule has 0 amide bonds. The second-order valence-corrected chi connectivity index (χ2v) is 4.18. The second-order valence-electron chi connectivity index (χ2n) is 4.18. The zero-order valence-corrected chi connectivity index (χ0v) is 10.3. The van der Waals surface area contributed by atoms with Gasteiger partial charge < -0.3 is 0 Å². The number of unbranched alkanes of at least 4 members (excludes halogenated alkanes) is 1. The van der Waals surface area contributed by atoms with Crippen LogP contribution >= 0.6 is 0 Å². The molecule has 0 saturated carbocycles. The van der Waals surface area contributed by atoms with Crippen LogP contribution in [-0.2, 0) is 0 Å². The fraction of sp³-hybridized carbons (Fsp3) is 0.538. The van der Waals surface area contributed by atoms with Gasteiger partial charge in [-0.1, -0.05) is 38.8 Å². The molecule has 0 fully saturated rings. The third kappa shape index (κ3) is 3.25. The molecule has 0 bridgehead atoms. The molecule has 0 aliphatic rings. The molecule has 0 radical (unpaired) electrons. The van der Waals surface area contributed by atoms with E-state index in [1.165, 1.54) is 6.07 Å². The van der Waals surface area contributed by atoms with Gasteiger partial charge in [0.2, 0.25) is 5.82 Å². The first-order chi connectivity index (χ1) is 8.11. The molecule has 0 aliphatic heterocycles. The van der Waals surface area contributed by atoms with Crippen molar-refractivity contribution in [3.8, 4) is 0 Å². The van der Waals surface area contributed by atoms with Gasteiger partial charge in [-0.05, 0) is 24.3 Å². The Kier molecular flexibility index (Phi) is 5.07. The highest BCUT2D eigenvalue weighted by molar-refractivity contribution is 5.38. The monoisotopic (exact) mass is 239 g/mol. The summed E-state index contributed by atoms with van der Waals surface area (Å²) in [6.45, 7) is 4.06. The maximum absolute atomic E-state index is 13.9. The number of nitrogens with zero attached hydrogens (tertiary/aromatic N) is 1. The lowest BCUT2D eigenvalue weighted by Crippen LogP contribution is -2.03. The normalized spacial score (nSPS) is 12.4. The number of hydrogen-bond acceptors (Lipinski definition) is 2. The molecule has 0 aliphatic carbocycles. The molecule has 0 aromatic heterocycles. The Morgan fingerprint density at radius 3 is 2.65 bits per heavy atom. The van der Waals surface area contributed by atoms with Crippen molar-refractivity contribution in [1.29, 1.82) is 0 Å². The lowest BCUT2D eigenvalue weighted by molar-refractivity contribution is -0.387. The molecular formula is C13H18FNO2. The van der Waals surface area contributed by atoms with Crippen LogP contribution in [0.3, 0.4) is 0 Å². The van der Waals surface area contributed by atoms with Crippen LogP contribution in [0, 0.1) is 15.9 Å². The van der Waals surface area contributed by atoms with Crippen LogP contribution in [0.5, 0.6) is 0 Å². The summed E-state index contributed by atoms with van der Waals surface area (Å²) in [4.78, 5) is 10.0. The van der Waals surface area contributed by atoms with E-state index in [9.17, 15) is 14.5 Å². The number of halogens is 1. The van der Waals surface area contributed by atoms with Gasteiger partial charge in [0.15, 0.2) is 0 Å². The Morgan fingerprint density at radius 1 is 1.41 bits per heavy atom. The van der Waals surface area contributed by atoms with Gasteiger partial charge in [0.05, 0.1) is 4.92 Å². The molecule has 0 heterocycles. The lowest BCUT2D eigenvalue weighted by atomic mass is 9.90. The molecule has 1 aromatic rings. The SMILES string of the molecule is CCCCC(CC)c1cccc([N+](=O)[O-])c1F. The van der Waals surface area contributed by atoms with Gasteiger partial charge >= 0.3 is 5.69 Å². The molecule has 17 heavy (non-hydrogen) atoms. The number of nitro benzene ring substituents is 1. The zero-order chi connectivity index (χ0) is 12.8. The van der Waals surface area contributed by atoms with E-state index in [0.29, 0.717) is 5.56 Å². The summed E-state index contributed by atoms with van der Waals surface area (Å²) in [6, 6.07) is 4.43. The molecular weight excluding hydrogens is 221 g/mol. The van der Waals surface area contributed by atoms with Crippen LogP contribution in [0.4, 0.5) is 10.1 Å². The minimum Gasteiger partial charge on any atom is -0.258 e. The Morgan fingerprint density at radius 2 is 2.12 bits per heavy atom. The van der Waals surface area contributed by atoms with Gasteiger partial charge in [-0.15, -0.1) is 0 Å². The molecule has 0 saturated heterocycles. The molecule has 1 rings (SSSR count). The molecule has 3 nitrogen and oxygen atoms in total. The summed E-state index contributed by atoms with van der Waals surface area (Å²) in [5, 5.41) is 10.7. The third-order valence-corrected chi connectivity index (χ3v) is 3.04. The minimum absolute atomic E-state index is 0.0786. The standard InChI is InChI=1S/C13H18FNO2/c1-3-5-7-10(4-2)11-8-6-9-12(13(11)14)15(16)17/h6,8-10H,3-5,7H2,1-2H3. The predicted octanol–water partition coefficient (Wildman–Crippen LogP) is 4.42. The highest BCUT2D eigenvalue weighted by Gasteiger charge is 2.21. The number of benzene rings is 1. The first-order valence-electron chi connectivity index (χ1n) is 6.04. The van der Waals surface area contributed by atoms with Gasteiger partial charge in [-0.3, -0.25) is 10.1 Å². The van der Waals surface area contributed by atoms with Crippen LogP contribution in [0.1, 0.15) is 51.0 Å². The average Bonchev–Trinajstić information content (AvgIpc) is 2.31. The third-order valence-electron chi connectivity index (χ3n) is 3.04. The molecule has 4 heteroatoms. The molecule has 94 valence electrons.